The summed E-state index contributed by atoms with van der Waals surface area (Å²) in [6, 6.07) is 24.2. The lowest BCUT2D eigenvalue weighted by molar-refractivity contribution is 0.117. The maximum Gasteiger partial charge on any atom is 0.161 e. The van der Waals surface area contributed by atoms with Crippen LogP contribution in [0.25, 0.3) is 33.5 Å². The van der Waals surface area contributed by atoms with Crippen LogP contribution in [0.15, 0.2) is 104 Å². The van der Waals surface area contributed by atoms with Crippen LogP contribution in [0.5, 0.6) is 0 Å². The summed E-state index contributed by atoms with van der Waals surface area (Å²) >= 11 is 12.5. The average molecular weight is 538 g/mol. The molecular weight excluding hydrogens is 517 g/mol. The van der Waals surface area contributed by atoms with Crippen molar-refractivity contribution in [2.45, 2.75) is 5.60 Å². The molecule has 1 unspecified atom stereocenters. The number of rotatable bonds is 5. The van der Waals surface area contributed by atoms with E-state index in [2.05, 4.69) is 9.97 Å². The van der Waals surface area contributed by atoms with Crippen LogP contribution in [-0.4, -0.2) is 29.6 Å². The minimum Gasteiger partial charge on any atom is -0.374 e. The largest absolute Gasteiger partial charge is 0.374 e. The number of imidazole rings is 1. The molecule has 0 fully saturated rings. The predicted molar refractivity (Wildman–Crippen MR) is 150 cm³/mol. The van der Waals surface area contributed by atoms with Gasteiger partial charge in [0.25, 0.3) is 0 Å². The summed E-state index contributed by atoms with van der Waals surface area (Å²) < 4.78 is 1.80. The van der Waals surface area contributed by atoms with Gasteiger partial charge in [0.15, 0.2) is 11.4 Å². The number of aliphatic hydroxyl groups is 1. The number of hydrogen-bond donors (Lipinski definition) is 1. The van der Waals surface area contributed by atoms with E-state index in [0.29, 0.717) is 38.4 Å². The summed E-state index contributed by atoms with van der Waals surface area (Å²) in [5.41, 5.74) is 3.44. The van der Waals surface area contributed by atoms with Gasteiger partial charge in [-0.3, -0.25) is 4.98 Å². The summed E-state index contributed by atoms with van der Waals surface area (Å²) in [7, 11) is 1.85. The fourth-order valence-electron chi connectivity index (χ4n) is 4.69. The number of pyridine rings is 1. The zero-order valence-electron chi connectivity index (χ0n) is 20.3. The van der Waals surface area contributed by atoms with E-state index in [-0.39, 0.29) is 0 Å². The molecular formula is C30H21Cl2N5O. The van der Waals surface area contributed by atoms with Gasteiger partial charge in [0.05, 0.1) is 29.4 Å². The molecule has 0 saturated carbocycles. The lowest BCUT2D eigenvalue weighted by Crippen LogP contribution is -2.31. The summed E-state index contributed by atoms with van der Waals surface area (Å²) in [6.07, 6.45) is 6.78. The summed E-state index contributed by atoms with van der Waals surface area (Å²) in [5, 5.41) is 14.4. The SMILES string of the molecule is Cn1cncc1C(O)(c1ccc(Cl)cc1)c1ccc2nc(-c3cccnc3)nc(-c3cccc(Cl)c3)c2c1. The molecule has 0 amide bonds. The Hall–Kier alpha value is -4.10. The van der Waals surface area contributed by atoms with Crippen LogP contribution in [0.1, 0.15) is 16.8 Å². The van der Waals surface area contributed by atoms with Crippen molar-refractivity contribution >= 4 is 34.1 Å². The highest BCUT2D eigenvalue weighted by Gasteiger charge is 2.37. The van der Waals surface area contributed by atoms with Crippen LogP contribution < -0.4 is 0 Å². The number of halogens is 2. The standard InChI is InChI=1S/C30H21Cl2N5O/c1-37-18-34-17-27(37)30(38,21-7-10-23(31)11-8-21)22-9-12-26-25(15-22)28(19-4-2-6-24(32)14-19)36-29(35-26)20-5-3-13-33-16-20/h2-18,38H,1H3. The van der Waals surface area contributed by atoms with Crippen LogP contribution in [0.2, 0.25) is 10.0 Å². The monoisotopic (exact) mass is 537 g/mol. The Kier molecular flexibility index (Phi) is 6.16. The molecule has 0 aliphatic carbocycles. The predicted octanol–water partition coefficient (Wildman–Crippen LogP) is 6.68. The van der Waals surface area contributed by atoms with Gasteiger partial charge < -0.3 is 9.67 Å². The van der Waals surface area contributed by atoms with Crippen molar-refractivity contribution in [3.8, 4) is 22.6 Å². The molecule has 186 valence electrons. The summed E-state index contributed by atoms with van der Waals surface area (Å²) in [5.74, 6) is 0.549. The molecule has 0 bridgehead atoms. The van der Waals surface area contributed by atoms with E-state index in [9.17, 15) is 5.11 Å². The van der Waals surface area contributed by atoms with Crippen LogP contribution in [0.3, 0.4) is 0 Å². The third kappa shape index (κ3) is 4.23. The minimum absolute atomic E-state index is 0.549. The van der Waals surface area contributed by atoms with Crippen LogP contribution >= 0.6 is 23.2 Å². The first-order valence-electron chi connectivity index (χ1n) is 11.9. The van der Waals surface area contributed by atoms with Crippen molar-refractivity contribution in [3.63, 3.8) is 0 Å². The molecule has 0 aliphatic heterocycles. The first kappa shape index (κ1) is 24.2. The second kappa shape index (κ2) is 9.65. The van der Waals surface area contributed by atoms with E-state index < -0.39 is 5.60 Å². The maximum atomic E-state index is 12.4. The number of hydrogen-bond acceptors (Lipinski definition) is 5. The molecule has 1 atom stereocenters. The van der Waals surface area contributed by atoms with Gasteiger partial charge in [0.2, 0.25) is 0 Å². The van der Waals surface area contributed by atoms with Crippen molar-refractivity contribution in [1.29, 1.82) is 0 Å². The Labute approximate surface area is 229 Å². The Balaban J connectivity index is 1.64. The van der Waals surface area contributed by atoms with Crippen molar-refractivity contribution in [1.82, 2.24) is 24.5 Å². The molecule has 8 heteroatoms. The van der Waals surface area contributed by atoms with Gasteiger partial charge in [-0.1, -0.05) is 53.5 Å². The second-order valence-corrected chi connectivity index (χ2v) is 9.86. The zero-order valence-corrected chi connectivity index (χ0v) is 21.8. The summed E-state index contributed by atoms with van der Waals surface area (Å²) in [6.45, 7) is 0. The average Bonchev–Trinajstić information content (AvgIpc) is 3.39. The van der Waals surface area contributed by atoms with Crippen LogP contribution in [0, 0.1) is 0 Å². The Bertz CT molecular complexity index is 1770. The topological polar surface area (TPSA) is 76.7 Å². The molecule has 0 radical (unpaired) electrons. The molecule has 38 heavy (non-hydrogen) atoms. The van der Waals surface area contributed by atoms with E-state index >= 15 is 0 Å². The number of nitrogens with zero attached hydrogens (tertiary/aromatic N) is 5. The van der Waals surface area contributed by atoms with E-state index in [0.717, 1.165) is 22.0 Å². The highest BCUT2D eigenvalue weighted by Crippen LogP contribution is 2.39. The first-order chi connectivity index (χ1) is 18.4. The van der Waals surface area contributed by atoms with E-state index in [1.165, 1.54) is 0 Å². The molecule has 0 spiro atoms. The maximum absolute atomic E-state index is 12.4. The molecule has 6 aromatic rings. The first-order valence-corrected chi connectivity index (χ1v) is 12.6. The molecule has 3 heterocycles. The van der Waals surface area contributed by atoms with Crippen molar-refractivity contribution in [2.75, 3.05) is 0 Å². The lowest BCUT2D eigenvalue weighted by Gasteiger charge is -2.30. The van der Waals surface area contributed by atoms with Gasteiger partial charge in [0.1, 0.15) is 0 Å². The van der Waals surface area contributed by atoms with Crippen molar-refractivity contribution in [3.05, 3.63) is 131 Å². The highest BCUT2D eigenvalue weighted by molar-refractivity contribution is 6.31. The summed E-state index contributed by atoms with van der Waals surface area (Å²) in [4.78, 5) is 18.3. The molecule has 3 aromatic heterocycles. The fourth-order valence-corrected chi connectivity index (χ4v) is 5.01. The molecule has 6 rings (SSSR count). The van der Waals surface area contributed by atoms with E-state index in [4.69, 9.17) is 33.2 Å². The number of aryl methyl sites for hydroxylation is 1. The minimum atomic E-state index is -1.52. The van der Waals surface area contributed by atoms with Gasteiger partial charge in [-0.25, -0.2) is 15.0 Å². The lowest BCUT2D eigenvalue weighted by atomic mass is 9.83. The van der Waals surface area contributed by atoms with Gasteiger partial charge >= 0.3 is 0 Å². The third-order valence-electron chi connectivity index (χ3n) is 6.58. The quantitative estimate of drug-likeness (QED) is 0.265. The molecule has 3 aromatic carbocycles. The smallest absolute Gasteiger partial charge is 0.161 e. The van der Waals surface area contributed by atoms with Crippen LogP contribution in [0.4, 0.5) is 0 Å². The van der Waals surface area contributed by atoms with E-state index in [1.807, 2.05) is 73.8 Å². The molecule has 0 saturated heterocycles. The number of aromatic nitrogens is 5. The molecule has 1 N–H and O–H groups in total. The third-order valence-corrected chi connectivity index (χ3v) is 7.07. The molecule has 6 nitrogen and oxygen atoms in total. The van der Waals surface area contributed by atoms with Gasteiger partial charge in [0, 0.05) is 46.0 Å². The van der Waals surface area contributed by atoms with Crippen molar-refractivity contribution < 1.29 is 5.11 Å². The Morgan fingerprint density at radius 3 is 2.26 bits per heavy atom. The van der Waals surface area contributed by atoms with Gasteiger partial charge in [-0.2, -0.15) is 0 Å². The highest BCUT2D eigenvalue weighted by atomic mass is 35.5. The fraction of sp³-hybridized carbons (Fsp3) is 0.0667. The number of fused-ring (bicyclic) bond motifs is 1. The molecule has 0 aliphatic rings. The Morgan fingerprint density at radius 2 is 1.55 bits per heavy atom. The van der Waals surface area contributed by atoms with Gasteiger partial charge in [-0.05, 0) is 59.7 Å². The van der Waals surface area contributed by atoms with Crippen LogP contribution in [-0.2, 0) is 12.6 Å². The second-order valence-electron chi connectivity index (χ2n) is 8.99. The van der Waals surface area contributed by atoms with Crippen molar-refractivity contribution in [2.24, 2.45) is 7.05 Å². The number of benzene rings is 3. The zero-order chi connectivity index (χ0) is 26.3. The normalized spacial score (nSPS) is 12.9. The van der Waals surface area contributed by atoms with Gasteiger partial charge in [-0.15, -0.1) is 0 Å². The van der Waals surface area contributed by atoms with E-state index in [1.54, 1.807) is 41.6 Å². The Morgan fingerprint density at radius 1 is 0.763 bits per heavy atom.